The molecule has 0 aliphatic carbocycles. The van der Waals surface area contributed by atoms with E-state index in [4.69, 9.17) is 4.74 Å². The molecule has 2 atom stereocenters. The fraction of sp³-hybridized carbons (Fsp3) is 0.417. The van der Waals surface area contributed by atoms with Crippen LogP contribution in [0.5, 0.6) is 0 Å². The maximum Gasteiger partial charge on any atom is 0.194 e. The number of hydrogen-bond acceptors (Lipinski definition) is 3. The van der Waals surface area contributed by atoms with E-state index in [1.54, 1.807) is 39.0 Å². The van der Waals surface area contributed by atoms with Gasteiger partial charge in [0.15, 0.2) is 29.0 Å². The molecule has 160 valence electrons. The standard InChI is InChI=1S/C24H25F3O3/c1-6-13-10-14(15-11-17(25)20(27)18(26)12-15)8-9-16(13)19-21(28)23(3,4)30-24(5,7-2)22(19)29/h8-12,19H,6-7H2,1-5H3. The van der Waals surface area contributed by atoms with Crippen LogP contribution in [0.4, 0.5) is 13.2 Å². The summed E-state index contributed by atoms with van der Waals surface area (Å²) in [6.07, 6.45) is 0.920. The molecule has 0 spiro atoms. The lowest BCUT2D eigenvalue weighted by Gasteiger charge is -2.44. The SMILES string of the molecule is CCc1cc(-c2cc(F)c(F)c(F)c2)ccc1C1C(=O)C(C)(C)OC(C)(CC)C1=O. The number of carbonyl (C=O) groups excluding carboxylic acids is 2. The molecule has 0 aromatic heterocycles. The Morgan fingerprint density at radius 3 is 2.03 bits per heavy atom. The number of benzene rings is 2. The maximum absolute atomic E-state index is 13.7. The summed E-state index contributed by atoms with van der Waals surface area (Å²) >= 11 is 0. The van der Waals surface area contributed by atoms with Crippen molar-refractivity contribution in [3.8, 4) is 11.1 Å². The Kier molecular flexibility index (Phi) is 5.67. The molecule has 0 saturated carbocycles. The van der Waals surface area contributed by atoms with Crippen LogP contribution < -0.4 is 0 Å². The van der Waals surface area contributed by atoms with Gasteiger partial charge in [0.2, 0.25) is 0 Å². The van der Waals surface area contributed by atoms with Crippen molar-refractivity contribution in [2.45, 2.75) is 64.6 Å². The molecule has 2 aromatic carbocycles. The Morgan fingerprint density at radius 1 is 0.900 bits per heavy atom. The first-order chi connectivity index (χ1) is 13.9. The van der Waals surface area contributed by atoms with Crippen LogP contribution in [0, 0.1) is 17.5 Å². The minimum Gasteiger partial charge on any atom is -0.354 e. The maximum atomic E-state index is 13.7. The molecule has 0 N–H and O–H groups in total. The van der Waals surface area contributed by atoms with E-state index in [-0.39, 0.29) is 17.1 Å². The normalized spacial score (nSPS) is 23.7. The number of hydrogen-bond donors (Lipinski definition) is 0. The average Bonchev–Trinajstić information content (AvgIpc) is 2.70. The van der Waals surface area contributed by atoms with Crippen molar-refractivity contribution in [1.29, 1.82) is 0 Å². The van der Waals surface area contributed by atoms with Crippen LogP contribution in [0.2, 0.25) is 0 Å². The third kappa shape index (κ3) is 3.58. The van der Waals surface area contributed by atoms with E-state index < -0.39 is 34.6 Å². The van der Waals surface area contributed by atoms with Crippen molar-refractivity contribution in [3.63, 3.8) is 0 Å². The van der Waals surface area contributed by atoms with E-state index in [0.29, 0.717) is 29.5 Å². The van der Waals surface area contributed by atoms with Gasteiger partial charge >= 0.3 is 0 Å². The summed E-state index contributed by atoms with van der Waals surface area (Å²) in [5.74, 6) is -5.67. The molecular formula is C24H25F3O3. The summed E-state index contributed by atoms with van der Waals surface area (Å²) in [6.45, 7) is 8.72. The van der Waals surface area contributed by atoms with E-state index in [0.717, 1.165) is 12.1 Å². The van der Waals surface area contributed by atoms with Gasteiger partial charge in [-0.05, 0) is 68.0 Å². The second-order valence-electron chi connectivity index (χ2n) is 8.38. The molecule has 1 aliphatic rings. The van der Waals surface area contributed by atoms with Crippen LogP contribution >= 0.6 is 0 Å². The molecule has 1 aliphatic heterocycles. The number of rotatable bonds is 4. The highest BCUT2D eigenvalue weighted by Gasteiger charge is 2.54. The zero-order chi connectivity index (χ0) is 22.4. The molecule has 1 saturated heterocycles. The van der Waals surface area contributed by atoms with Crippen molar-refractivity contribution in [1.82, 2.24) is 0 Å². The Labute approximate surface area is 174 Å². The number of ether oxygens (including phenoxy) is 1. The molecule has 2 unspecified atom stereocenters. The molecule has 1 fully saturated rings. The van der Waals surface area contributed by atoms with Crippen molar-refractivity contribution in [2.24, 2.45) is 0 Å². The van der Waals surface area contributed by atoms with Crippen LogP contribution in [0.15, 0.2) is 30.3 Å². The van der Waals surface area contributed by atoms with E-state index in [9.17, 15) is 22.8 Å². The smallest absolute Gasteiger partial charge is 0.194 e. The first-order valence-corrected chi connectivity index (χ1v) is 10.0. The van der Waals surface area contributed by atoms with Gasteiger partial charge in [-0.3, -0.25) is 9.59 Å². The molecule has 6 heteroatoms. The average molecular weight is 418 g/mol. The van der Waals surface area contributed by atoms with E-state index >= 15 is 0 Å². The van der Waals surface area contributed by atoms with Crippen molar-refractivity contribution < 1.29 is 27.5 Å². The first-order valence-electron chi connectivity index (χ1n) is 10.0. The second-order valence-corrected chi connectivity index (χ2v) is 8.38. The first kappa shape index (κ1) is 22.2. The summed E-state index contributed by atoms with van der Waals surface area (Å²) in [5.41, 5.74) is -0.296. The minimum atomic E-state index is -1.52. The van der Waals surface area contributed by atoms with Gasteiger partial charge < -0.3 is 4.74 Å². The second kappa shape index (κ2) is 7.65. The predicted molar refractivity (Wildman–Crippen MR) is 108 cm³/mol. The van der Waals surface area contributed by atoms with E-state index in [1.807, 2.05) is 13.8 Å². The summed E-state index contributed by atoms with van der Waals surface area (Å²) in [4.78, 5) is 26.4. The lowest BCUT2D eigenvalue weighted by molar-refractivity contribution is -0.188. The van der Waals surface area contributed by atoms with E-state index in [2.05, 4.69) is 0 Å². The molecule has 1 heterocycles. The van der Waals surface area contributed by atoms with Gasteiger partial charge in [0, 0.05) is 0 Å². The molecule has 0 radical (unpaired) electrons. The summed E-state index contributed by atoms with van der Waals surface area (Å²) in [6, 6.07) is 6.77. The Morgan fingerprint density at radius 2 is 1.50 bits per heavy atom. The van der Waals surface area contributed by atoms with Crippen molar-refractivity contribution >= 4 is 11.6 Å². The molecule has 0 amide bonds. The van der Waals surface area contributed by atoms with Crippen LogP contribution in [-0.4, -0.2) is 22.8 Å². The zero-order valence-corrected chi connectivity index (χ0v) is 17.7. The highest BCUT2D eigenvalue weighted by Crippen LogP contribution is 2.41. The fourth-order valence-corrected chi connectivity index (χ4v) is 4.06. The lowest BCUT2D eigenvalue weighted by Crippen LogP contribution is -2.59. The summed E-state index contributed by atoms with van der Waals surface area (Å²) in [7, 11) is 0. The molecular weight excluding hydrogens is 393 g/mol. The third-order valence-electron chi connectivity index (χ3n) is 5.95. The van der Waals surface area contributed by atoms with Gasteiger partial charge in [-0.1, -0.05) is 32.0 Å². The van der Waals surface area contributed by atoms with Crippen LogP contribution in [0.3, 0.4) is 0 Å². The van der Waals surface area contributed by atoms with E-state index in [1.165, 1.54) is 0 Å². The Balaban J connectivity index is 2.13. The summed E-state index contributed by atoms with van der Waals surface area (Å²) < 4.78 is 46.5. The molecule has 2 aromatic rings. The molecule has 3 rings (SSSR count). The van der Waals surface area contributed by atoms with Crippen LogP contribution in [0.1, 0.15) is 58.1 Å². The monoisotopic (exact) mass is 418 g/mol. The van der Waals surface area contributed by atoms with Crippen molar-refractivity contribution in [3.05, 3.63) is 58.9 Å². The van der Waals surface area contributed by atoms with Gasteiger partial charge in [0.05, 0.1) is 0 Å². The number of Topliss-reactive ketones (excluding diaryl/α,β-unsaturated/α-hetero) is 2. The van der Waals surface area contributed by atoms with Gasteiger partial charge in [-0.15, -0.1) is 0 Å². The van der Waals surface area contributed by atoms with Crippen LogP contribution in [0.25, 0.3) is 11.1 Å². The lowest BCUT2D eigenvalue weighted by atomic mass is 9.72. The van der Waals surface area contributed by atoms with Crippen LogP contribution in [-0.2, 0) is 20.7 Å². The molecule has 3 nitrogen and oxygen atoms in total. The number of ketones is 2. The zero-order valence-electron chi connectivity index (χ0n) is 17.7. The predicted octanol–water partition coefficient (Wildman–Crippen LogP) is 5.53. The quantitative estimate of drug-likeness (QED) is 0.484. The highest BCUT2D eigenvalue weighted by atomic mass is 19.2. The minimum absolute atomic E-state index is 0.177. The van der Waals surface area contributed by atoms with Gasteiger partial charge in [-0.2, -0.15) is 0 Å². The molecule has 30 heavy (non-hydrogen) atoms. The topological polar surface area (TPSA) is 43.4 Å². The number of halogens is 3. The van der Waals surface area contributed by atoms with Gasteiger partial charge in [0.25, 0.3) is 0 Å². The number of aryl methyl sites for hydroxylation is 1. The molecule has 0 bridgehead atoms. The summed E-state index contributed by atoms with van der Waals surface area (Å²) in [5, 5.41) is 0. The number of carbonyl (C=O) groups is 2. The van der Waals surface area contributed by atoms with Gasteiger partial charge in [-0.25, -0.2) is 13.2 Å². The fourth-order valence-electron chi connectivity index (χ4n) is 4.06. The van der Waals surface area contributed by atoms with Gasteiger partial charge in [0.1, 0.15) is 17.1 Å². The Bertz CT molecular complexity index is 1010. The largest absolute Gasteiger partial charge is 0.354 e. The highest BCUT2D eigenvalue weighted by molar-refractivity contribution is 6.15. The Hall–Kier alpha value is -2.47. The van der Waals surface area contributed by atoms with Crippen molar-refractivity contribution in [2.75, 3.05) is 0 Å². The third-order valence-corrected chi connectivity index (χ3v) is 5.95.